The Balaban J connectivity index is 2.32. The Morgan fingerprint density at radius 1 is 1.19 bits per heavy atom. The molecule has 2 aromatic rings. The molecule has 0 radical (unpaired) electrons. The van der Waals surface area contributed by atoms with Crippen molar-refractivity contribution in [2.45, 2.75) is 18.8 Å². The molecule has 1 heterocycles. The molecule has 0 bridgehead atoms. The van der Waals surface area contributed by atoms with Crippen molar-refractivity contribution in [1.82, 2.24) is 9.97 Å². The van der Waals surface area contributed by atoms with Crippen LogP contribution in [-0.4, -0.2) is 9.97 Å². The van der Waals surface area contributed by atoms with Crippen molar-refractivity contribution in [3.63, 3.8) is 0 Å². The smallest absolute Gasteiger partial charge is 0.152 e. The fourth-order valence-electron chi connectivity index (χ4n) is 1.66. The van der Waals surface area contributed by atoms with Crippen LogP contribution in [0.4, 0.5) is 8.78 Å². The Hall–Kier alpha value is -1.29. The summed E-state index contributed by atoms with van der Waals surface area (Å²) in [7, 11) is 0. The predicted molar refractivity (Wildman–Crippen MR) is 56.4 cm³/mol. The van der Waals surface area contributed by atoms with E-state index in [1.807, 2.05) is 0 Å². The van der Waals surface area contributed by atoms with Gasteiger partial charge in [-0.3, -0.25) is 0 Å². The fourth-order valence-corrected chi connectivity index (χ4v) is 1.89. The first-order chi connectivity index (χ1) is 7.65. The molecule has 0 spiro atoms. The molecule has 16 heavy (non-hydrogen) atoms. The molecule has 1 aromatic carbocycles. The molecule has 0 saturated heterocycles. The zero-order valence-electron chi connectivity index (χ0n) is 8.17. The van der Waals surface area contributed by atoms with Crippen LogP contribution in [0.15, 0.2) is 12.1 Å². The molecule has 0 aliphatic heterocycles. The minimum absolute atomic E-state index is 0.100. The standard InChI is InChI=1S/C11H7ClF2N2/c12-10-7-3-6(13)4-8(14)9(7)15-11(16-10)5-1-2-5/h3-5H,1-2H2. The predicted octanol–water partition coefficient (Wildman–Crippen LogP) is 3.44. The Bertz CT molecular complexity index is 582. The maximum absolute atomic E-state index is 13.5. The van der Waals surface area contributed by atoms with Crippen molar-refractivity contribution in [2.24, 2.45) is 0 Å². The normalized spacial score (nSPS) is 15.7. The SMILES string of the molecule is Fc1cc(F)c2nc(C3CC3)nc(Cl)c2c1. The maximum Gasteiger partial charge on any atom is 0.152 e. The van der Waals surface area contributed by atoms with E-state index in [9.17, 15) is 8.78 Å². The van der Waals surface area contributed by atoms with Gasteiger partial charge >= 0.3 is 0 Å². The Morgan fingerprint density at radius 3 is 2.62 bits per heavy atom. The second-order valence-electron chi connectivity index (χ2n) is 3.93. The number of hydrogen-bond donors (Lipinski definition) is 0. The lowest BCUT2D eigenvalue weighted by molar-refractivity contribution is 0.589. The van der Waals surface area contributed by atoms with Gasteiger partial charge in [0, 0.05) is 17.4 Å². The van der Waals surface area contributed by atoms with Gasteiger partial charge < -0.3 is 0 Å². The fraction of sp³-hybridized carbons (Fsp3) is 0.273. The van der Waals surface area contributed by atoms with Crippen LogP contribution in [0.5, 0.6) is 0 Å². The van der Waals surface area contributed by atoms with Crippen molar-refractivity contribution in [1.29, 1.82) is 0 Å². The molecule has 1 saturated carbocycles. The monoisotopic (exact) mass is 240 g/mol. The molecule has 82 valence electrons. The van der Waals surface area contributed by atoms with Crippen LogP contribution in [0.25, 0.3) is 10.9 Å². The number of hydrogen-bond acceptors (Lipinski definition) is 2. The average Bonchev–Trinajstić information content (AvgIpc) is 3.02. The van der Waals surface area contributed by atoms with Gasteiger partial charge in [-0.05, 0) is 18.9 Å². The third-order valence-corrected chi connectivity index (χ3v) is 2.92. The van der Waals surface area contributed by atoms with Crippen LogP contribution < -0.4 is 0 Å². The molecular formula is C11H7ClF2N2. The second-order valence-corrected chi connectivity index (χ2v) is 4.29. The lowest BCUT2D eigenvalue weighted by Gasteiger charge is -2.04. The highest BCUT2D eigenvalue weighted by Gasteiger charge is 2.28. The molecule has 0 atom stereocenters. The van der Waals surface area contributed by atoms with Crippen LogP contribution in [0.3, 0.4) is 0 Å². The van der Waals surface area contributed by atoms with Gasteiger partial charge in [-0.25, -0.2) is 18.7 Å². The quantitative estimate of drug-likeness (QED) is 0.714. The van der Waals surface area contributed by atoms with Crippen molar-refractivity contribution >= 4 is 22.5 Å². The van der Waals surface area contributed by atoms with Crippen LogP contribution in [0, 0.1) is 11.6 Å². The Labute approximate surface area is 95.3 Å². The zero-order chi connectivity index (χ0) is 11.3. The van der Waals surface area contributed by atoms with Gasteiger partial charge in [0.25, 0.3) is 0 Å². The number of fused-ring (bicyclic) bond motifs is 1. The van der Waals surface area contributed by atoms with E-state index >= 15 is 0 Å². The van der Waals surface area contributed by atoms with E-state index in [1.54, 1.807) is 0 Å². The zero-order valence-corrected chi connectivity index (χ0v) is 8.93. The van der Waals surface area contributed by atoms with Crippen LogP contribution in [0.2, 0.25) is 5.15 Å². The first kappa shape index (κ1) is 9.90. The summed E-state index contributed by atoms with van der Waals surface area (Å²) in [4.78, 5) is 8.17. The maximum atomic E-state index is 13.5. The van der Waals surface area contributed by atoms with E-state index in [4.69, 9.17) is 11.6 Å². The molecule has 2 nitrogen and oxygen atoms in total. The highest BCUT2D eigenvalue weighted by atomic mass is 35.5. The summed E-state index contributed by atoms with van der Waals surface area (Å²) in [6.07, 6.45) is 2.01. The summed E-state index contributed by atoms with van der Waals surface area (Å²) in [6.45, 7) is 0. The number of benzene rings is 1. The number of halogens is 3. The third kappa shape index (κ3) is 1.53. The minimum atomic E-state index is -0.693. The van der Waals surface area contributed by atoms with Crippen LogP contribution in [0.1, 0.15) is 24.6 Å². The van der Waals surface area contributed by atoms with Crippen LogP contribution >= 0.6 is 11.6 Å². The molecule has 1 aromatic heterocycles. The first-order valence-corrected chi connectivity index (χ1v) is 5.35. The van der Waals surface area contributed by atoms with E-state index in [-0.39, 0.29) is 22.0 Å². The van der Waals surface area contributed by atoms with Gasteiger partial charge in [0.05, 0.1) is 0 Å². The van der Waals surface area contributed by atoms with E-state index in [0.29, 0.717) is 5.82 Å². The Morgan fingerprint density at radius 2 is 1.94 bits per heavy atom. The van der Waals surface area contributed by atoms with Crippen molar-refractivity contribution in [3.05, 3.63) is 34.7 Å². The highest BCUT2D eigenvalue weighted by molar-refractivity contribution is 6.34. The topological polar surface area (TPSA) is 25.8 Å². The summed E-state index contributed by atoms with van der Waals surface area (Å²) in [5.41, 5.74) is 0.100. The van der Waals surface area contributed by atoms with E-state index in [1.165, 1.54) is 0 Å². The third-order valence-electron chi connectivity index (χ3n) is 2.63. The molecule has 0 amide bonds. The average molecular weight is 241 g/mol. The summed E-state index contributed by atoms with van der Waals surface area (Å²) >= 11 is 5.89. The number of nitrogens with zero attached hydrogens (tertiary/aromatic N) is 2. The van der Waals surface area contributed by atoms with Gasteiger partial charge in [-0.15, -0.1) is 0 Å². The molecule has 1 fully saturated rings. The van der Waals surface area contributed by atoms with Gasteiger partial charge in [0.15, 0.2) is 5.82 Å². The molecule has 0 N–H and O–H groups in total. The number of rotatable bonds is 1. The van der Waals surface area contributed by atoms with E-state index < -0.39 is 11.6 Å². The van der Waals surface area contributed by atoms with Gasteiger partial charge in [0.1, 0.15) is 22.3 Å². The van der Waals surface area contributed by atoms with Crippen molar-refractivity contribution in [3.8, 4) is 0 Å². The lowest BCUT2D eigenvalue weighted by Crippen LogP contribution is -1.97. The van der Waals surface area contributed by atoms with Crippen LogP contribution in [-0.2, 0) is 0 Å². The number of aromatic nitrogens is 2. The van der Waals surface area contributed by atoms with Gasteiger partial charge in [-0.2, -0.15) is 0 Å². The van der Waals surface area contributed by atoms with Gasteiger partial charge in [0.2, 0.25) is 0 Å². The summed E-state index contributed by atoms with van der Waals surface area (Å²) in [5.74, 6) is -0.523. The summed E-state index contributed by atoms with van der Waals surface area (Å²) in [6, 6.07) is 1.96. The second kappa shape index (κ2) is 3.35. The van der Waals surface area contributed by atoms with Gasteiger partial charge in [-0.1, -0.05) is 11.6 Å². The molecule has 1 aliphatic carbocycles. The first-order valence-electron chi connectivity index (χ1n) is 4.97. The highest BCUT2D eigenvalue weighted by Crippen LogP contribution is 2.39. The summed E-state index contributed by atoms with van der Waals surface area (Å²) in [5, 5.41) is 0.342. The van der Waals surface area contributed by atoms with E-state index in [2.05, 4.69) is 9.97 Å². The summed E-state index contributed by atoms with van der Waals surface area (Å²) < 4.78 is 26.5. The van der Waals surface area contributed by atoms with Crippen molar-refractivity contribution in [2.75, 3.05) is 0 Å². The minimum Gasteiger partial charge on any atom is -0.229 e. The van der Waals surface area contributed by atoms with E-state index in [0.717, 1.165) is 25.0 Å². The largest absolute Gasteiger partial charge is 0.229 e. The Kier molecular flexibility index (Phi) is 2.07. The molecule has 1 aliphatic rings. The van der Waals surface area contributed by atoms with Crippen molar-refractivity contribution < 1.29 is 8.78 Å². The molecular weight excluding hydrogens is 234 g/mol. The molecule has 5 heteroatoms. The lowest BCUT2D eigenvalue weighted by atomic mass is 10.2. The molecule has 0 unspecified atom stereocenters. The molecule has 3 rings (SSSR count).